The van der Waals surface area contributed by atoms with E-state index in [0.29, 0.717) is 0 Å². The summed E-state index contributed by atoms with van der Waals surface area (Å²) in [6.45, 7) is 5.99. The van der Waals surface area contributed by atoms with Gasteiger partial charge in [0.15, 0.2) is 0 Å². The van der Waals surface area contributed by atoms with Crippen LogP contribution in [-0.4, -0.2) is 69.8 Å². The summed E-state index contributed by atoms with van der Waals surface area (Å²) in [7, 11) is 0. The maximum Gasteiger partial charge on any atom is 0.264 e. The third-order valence-electron chi connectivity index (χ3n) is 4.86. The van der Waals surface area contributed by atoms with Crippen molar-refractivity contribution in [3.05, 3.63) is 34.5 Å². The van der Waals surface area contributed by atoms with Crippen LogP contribution in [0, 0.1) is 0 Å². The van der Waals surface area contributed by atoms with Gasteiger partial charge in [-0.25, -0.2) is 4.98 Å². The molecule has 0 radical (unpaired) electrons. The van der Waals surface area contributed by atoms with Gasteiger partial charge in [0.05, 0.1) is 17.5 Å². The molecule has 0 N–H and O–H groups in total. The van der Waals surface area contributed by atoms with Crippen molar-refractivity contribution in [1.29, 1.82) is 0 Å². The maximum atomic E-state index is 12.7. The molecule has 4 rings (SSSR count). The average Bonchev–Trinajstić information content (AvgIpc) is 3.42. The number of ether oxygens (including phenoxy) is 1. The molecule has 8 heteroatoms. The van der Waals surface area contributed by atoms with E-state index in [2.05, 4.69) is 21.0 Å². The topological polar surface area (TPSA) is 63.5 Å². The normalized spacial score (nSPS) is 21.8. The molecule has 0 saturated carbocycles. The zero-order valence-corrected chi connectivity index (χ0v) is 15.0. The number of thiophene rings is 1. The van der Waals surface area contributed by atoms with Crippen molar-refractivity contribution in [2.24, 2.45) is 0 Å². The van der Waals surface area contributed by atoms with Crippen molar-refractivity contribution in [1.82, 2.24) is 24.6 Å². The Morgan fingerprint density at radius 2 is 2.12 bits per heavy atom. The zero-order valence-electron chi connectivity index (χ0n) is 14.2. The number of hydrogen-bond donors (Lipinski definition) is 0. The van der Waals surface area contributed by atoms with Gasteiger partial charge in [-0.15, -0.1) is 11.3 Å². The summed E-state index contributed by atoms with van der Waals surface area (Å²) in [4.78, 5) is 23.1. The van der Waals surface area contributed by atoms with E-state index in [1.807, 2.05) is 15.6 Å². The molecule has 0 bridgehead atoms. The van der Waals surface area contributed by atoms with Gasteiger partial charge in [-0.2, -0.15) is 5.10 Å². The fourth-order valence-electron chi connectivity index (χ4n) is 3.37. The molecule has 0 spiro atoms. The SMILES string of the molecule is O=C(c1ccc([C@@H]2CCCO2)s1)N1CCN(CCn2cncn2)CC1. The lowest BCUT2D eigenvalue weighted by Crippen LogP contribution is -2.49. The highest BCUT2D eigenvalue weighted by atomic mass is 32.1. The van der Waals surface area contributed by atoms with Crippen LogP contribution in [0.3, 0.4) is 0 Å². The molecular formula is C17H23N5O2S. The van der Waals surface area contributed by atoms with Crippen LogP contribution < -0.4 is 0 Å². The molecule has 1 atom stereocenters. The molecule has 2 aliphatic heterocycles. The second kappa shape index (κ2) is 7.63. The number of nitrogens with zero attached hydrogens (tertiary/aromatic N) is 5. The Hall–Kier alpha value is -1.77. The van der Waals surface area contributed by atoms with Crippen LogP contribution in [0.4, 0.5) is 0 Å². The first-order chi connectivity index (χ1) is 12.3. The first-order valence-corrected chi connectivity index (χ1v) is 9.66. The lowest BCUT2D eigenvalue weighted by molar-refractivity contribution is 0.0636. The van der Waals surface area contributed by atoms with Crippen LogP contribution in [0.2, 0.25) is 0 Å². The Balaban J connectivity index is 1.27. The smallest absolute Gasteiger partial charge is 0.264 e. The molecule has 2 saturated heterocycles. The quantitative estimate of drug-likeness (QED) is 0.810. The van der Waals surface area contributed by atoms with Crippen molar-refractivity contribution in [2.45, 2.75) is 25.5 Å². The van der Waals surface area contributed by atoms with Gasteiger partial charge in [-0.05, 0) is 25.0 Å². The van der Waals surface area contributed by atoms with Gasteiger partial charge in [0, 0.05) is 44.2 Å². The van der Waals surface area contributed by atoms with Crippen LogP contribution in [0.1, 0.15) is 33.5 Å². The van der Waals surface area contributed by atoms with Crippen molar-refractivity contribution < 1.29 is 9.53 Å². The van der Waals surface area contributed by atoms with Gasteiger partial charge in [0.1, 0.15) is 12.7 Å². The van der Waals surface area contributed by atoms with Crippen LogP contribution in [-0.2, 0) is 11.3 Å². The average molecular weight is 361 g/mol. The molecule has 7 nitrogen and oxygen atoms in total. The standard InChI is InChI=1S/C17H23N5O2S/c23-17(16-4-3-15(25-16)14-2-1-11-24-14)21-8-5-20(6-9-21)7-10-22-13-18-12-19-22/h3-4,12-14H,1-2,5-11H2/t14-/m0/s1. The largest absolute Gasteiger partial charge is 0.373 e. The van der Waals surface area contributed by atoms with Crippen molar-refractivity contribution >= 4 is 17.2 Å². The Morgan fingerprint density at radius 3 is 2.84 bits per heavy atom. The van der Waals surface area contributed by atoms with Crippen LogP contribution in [0.25, 0.3) is 0 Å². The Labute approximate surface area is 151 Å². The molecule has 4 heterocycles. The fraction of sp³-hybridized carbons (Fsp3) is 0.588. The molecule has 2 aromatic rings. The van der Waals surface area contributed by atoms with Gasteiger partial charge in [0.2, 0.25) is 0 Å². The molecule has 134 valence electrons. The molecule has 2 aromatic heterocycles. The van der Waals surface area contributed by atoms with E-state index < -0.39 is 0 Å². The molecule has 1 amide bonds. The number of amides is 1. The Kier molecular flexibility index (Phi) is 5.09. The van der Waals surface area contributed by atoms with Gasteiger partial charge < -0.3 is 9.64 Å². The lowest BCUT2D eigenvalue weighted by Gasteiger charge is -2.34. The highest BCUT2D eigenvalue weighted by molar-refractivity contribution is 7.14. The minimum absolute atomic E-state index is 0.158. The van der Waals surface area contributed by atoms with E-state index >= 15 is 0 Å². The fourth-order valence-corrected chi connectivity index (χ4v) is 4.43. The second-order valence-electron chi connectivity index (χ2n) is 6.50. The number of hydrogen-bond acceptors (Lipinski definition) is 6. The van der Waals surface area contributed by atoms with E-state index in [1.165, 1.54) is 4.88 Å². The van der Waals surface area contributed by atoms with Crippen molar-refractivity contribution in [3.8, 4) is 0 Å². The summed E-state index contributed by atoms with van der Waals surface area (Å²) in [5.74, 6) is 0.158. The summed E-state index contributed by atoms with van der Waals surface area (Å²) in [6.07, 6.45) is 5.67. The van der Waals surface area contributed by atoms with Gasteiger partial charge >= 0.3 is 0 Å². The summed E-state index contributed by atoms with van der Waals surface area (Å²) in [5.41, 5.74) is 0. The summed E-state index contributed by atoms with van der Waals surface area (Å²) >= 11 is 1.59. The van der Waals surface area contributed by atoms with Crippen molar-refractivity contribution in [3.63, 3.8) is 0 Å². The molecule has 2 fully saturated rings. The van der Waals surface area contributed by atoms with E-state index in [4.69, 9.17) is 4.74 Å². The van der Waals surface area contributed by atoms with Crippen LogP contribution in [0.15, 0.2) is 24.8 Å². The predicted octanol–water partition coefficient (Wildman–Crippen LogP) is 1.65. The summed E-state index contributed by atoms with van der Waals surface area (Å²) < 4.78 is 7.56. The molecule has 0 aromatic carbocycles. The summed E-state index contributed by atoms with van der Waals surface area (Å²) in [5, 5.41) is 4.12. The van der Waals surface area contributed by atoms with Crippen LogP contribution in [0.5, 0.6) is 0 Å². The third kappa shape index (κ3) is 3.91. The molecular weight excluding hydrogens is 338 g/mol. The van der Waals surface area contributed by atoms with E-state index in [0.717, 1.165) is 63.6 Å². The molecule has 25 heavy (non-hydrogen) atoms. The van der Waals surface area contributed by atoms with Gasteiger partial charge in [-0.1, -0.05) is 0 Å². The Morgan fingerprint density at radius 1 is 1.24 bits per heavy atom. The second-order valence-corrected chi connectivity index (χ2v) is 7.61. The van der Waals surface area contributed by atoms with Crippen molar-refractivity contribution in [2.75, 3.05) is 39.3 Å². The number of carbonyl (C=O) groups is 1. The van der Waals surface area contributed by atoms with Gasteiger partial charge in [0.25, 0.3) is 5.91 Å². The predicted molar refractivity (Wildman–Crippen MR) is 94.6 cm³/mol. The van der Waals surface area contributed by atoms with Gasteiger partial charge in [-0.3, -0.25) is 14.4 Å². The first-order valence-electron chi connectivity index (χ1n) is 8.85. The lowest BCUT2D eigenvalue weighted by atomic mass is 10.2. The number of carbonyl (C=O) groups excluding carboxylic acids is 1. The minimum Gasteiger partial charge on any atom is -0.373 e. The third-order valence-corrected chi connectivity index (χ3v) is 6.02. The van der Waals surface area contributed by atoms with E-state index in [9.17, 15) is 4.79 Å². The van der Waals surface area contributed by atoms with Crippen LogP contribution >= 0.6 is 11.3 Å². The van der Waals surface area contributed by atoms with E-state index in [-0.39, 0.29) is 12.0 Å². The zero-order chi connectivity index (χ0) is 17.1. The summed E-state index contributed by atoms with van der Waals surface area (Å²) in [6, 6.07) is 4.02. The van der Waals surface area contributed by atoms with E-state index in [1.54, 1.807) is 24.0 Å². The number of rotatable bonds is 5. The number of aromatic nitrogens is 3. The highest BCUT2D eigenvalue weighted by Crippen LogP contribution is 2.33. The number of piperazine rings is 1. The first kappa shape index (κ1) is 16.7. The minimum atomic E-state index is 0.158. The monoisotopic (exact) mass is 361 g/mol. The molecule has 0 aliphatic carbocycles. The highest BCUT2D eigenvalue weighted by Gasteiger charge is 2.25. The maximum absolute atomic E-state index is 12.7. The molecule has 2 aliphatic rings. The molecule has 0 unspecified atom stereocenters. The Bertz CT molecular complexity index is 688.